The molecule has 0 saturated heterocycles. The van der Waals surface area contributed by atoms with Crippen molar-refractivity contribution in [3.8, 4) is 11.5 Å². The van der Waals surface area contributed by atoms with E-state index < -0.39 is 0 Å². The lowest BCUT2D eigenvalue weighted by Gasteiger charge is -2.24. The van der Waals surface area contributed by atoms with E-state index in [1.807, 2.05) is 26.0 Å². The largest absolute Gasteiger partial charge is 0.490 e. The summed E-state index contributed by atoms with van der Waals surface area (Å²) in [7, 11) is 0. The zero-order valence-corrected chi connectivity index (χ0v) is 13.7. The molecule has 0 bridgehead atoms. The summed E-state index contributed by atoms with van der Waals surface area (Å²) in [4.78, 5) is 0. The van der Waals surface area contributed by atoms with E-state index in [0.717, 1.165) is 24.2 Å². The molecule has 114 valence electrons. The molecule has 0 aliphatic rings. The number of benzene rings is 1. The Hall–Kier alpha value is -0.930. The van der Waals surface area contributed by atoms with Crippen molar-refractivity contribution in [3.63, 3.8) is 0 Å². The standard InChI is InChI=1S/C16H26ClNO2/c1-5-11(6-2)16(18)12-9-14(19-7-3)15(20-8-4)10-13(12)17/h9-11,16H,5-8,18H2,1-4H3. The van der Waals surface area contributed by atoms with Crippen molar-refractivity contribution in [2.24, 2.45) is 11.7 Å². The second-order valence-corrected chi connectivity index (χ2v) is 5.20. The van der Waals surface area contributed by atoms with Crippen LogP contribution in [0.25, 0.3) is 0 Å². The monoisotopic (exact) mass is 299 g/mol. The van der Waals surface area contributed by atoms with Crippen LogP contribution in [0.2, 0.25) is 5.02 Å². The summed E-state index contributed by atoms with van der Waals surface area (Å²) in [6.45, 7) is 9.36. The first-order chi connectivity index (χ1) is 9.58. The highest BCUT2D eigenvalue weighted by molar-refractivity contribution is 6.31. The smallest absolute Gasteiger partial charge is 0.162 e. The molecule has 0 aliphatic heterocycles. The predicted octanol–water partition coefficient (Wildman–Crippen LogP) is 4.57. The highest BCUT2D eigenvalue weighted by Crippen LogP contribution is 2.38. The number of ether oxygens (including phenoxy) is 2. The Bertz CT molecular complexity index is 419. The van der Waals surface area contributed by atoms with Crippen molar-refractivity contribution in [3.05, 3.63) is 22.7 Å². The third-order valence-corrected chi connectivity index (χ3v) is 3.91. The van der Waals surface area contributed by atoms with Crippen LogP contribution in [0.15, 0.2) is 12.1 Å². The van der Waals surface area contributed by atoms with Crippen LogP contribution in [-0.2, 0) is 0 Å². The maximum Gasteiger partial charge on any atom is 0.162 e. The minimum Gasteiger partial charge on any atom is -0.490 e. The van der Waals surface area contributed by atoms with Gasteiger partial charge in [0.05, 0.1) is 13.2 Å². The maximum absolute atomic E-state index is 6.37. The maximum atomic E-state index is 6.37. The number of nitrogens with two attached hydrogens (primary N) is 1. The molecular formula is C16H26ClNO2. The van der Waals surface area contributed by atoms with Crippen LogP contribution in [0, 0.1) is 5.92 Å². The summed E-state index contributed by atoms with van der Waals surface area (Å²) in [5, 5.41) is 0.649. The predicted molar refractivity (Wildman–Crippen MR) is 84.8 cm³/mol. The van der Waals surface area contributed by atoms with Crippen molar-refractivity contribution >= 4 is 11.6 Å². The van der Waals surface area contributed by atoms with Gasteiger partial charge in [-0.1, -0.05) is 38.3 Å². The van der Waals surface area contributed by atoms with Gasteiger partial charge in [-0.15, -0.1) is 0 Å². The molecule has 0 heterocycles. The van der Waals surface area contributed by atoms with Crippen molar-refractivity contribution in [1.82, 2.24) is 0 Å². The van der Waals surface area contributed by atoms with E-state index >= 15 is 0 Å². The molecule has 1 atom stereocenters. The molecule has 0 radical (unpaired) electrons. The van der Waals surface area contributed by atoms with E-state index in [1.165, 1.54) is 0 Å². The first-order valence-corrected chi connectivity index (χ1v) is 7.81. The Morgan fingerprint density at radius 3 is 1.95 bits per heavy atom. The summed E-state index contributed by atoms with van der Waals surface area (Å²) < 4.78 is 11.2. The number of rotatable bonds is 8. The summed E-state index contributed by atoms with van der Waals surface area (Å²) in [5.74, 6) is 1.81. The third kappa shape index (κ3) is 4.03. The van der Waals surface area contributed by atoms with Crippen molar-refractivity contribution < 1.29 is 9.47 Å². The topological polar surface area (TPSA) is 44.5 Å². The Morgan fingerprint density at radius 1 is 1.00 bits per heavy atom. The zero-order valence-electron chi connectivity index (χ0n) is 12.9. The van der Waals surface area contributed by atoms with Gasteiger partial charge < -0.3 is 15.2 Å². The number of hydrogen-bond donors (Lipinski definition) is 1. The van der Waals surface area contributed by atoms with Crippen LogP contribution in [0.3, 0.4) is 0 Å². The Morgan fingerprint density at radius 2 is 1.50 bits per heavy atom. The second kappa shape index (κ2) is 8.38. The molecule has 20 heavy (non-hydrogen) atoms. The molecular weight excluding hydrogens is 274 g/mol. The molecule has 0 aromatic heterocycles. The van der Waals surface area contributed by atoms with Crippen molar-refractivity contribution in [1.29, 1.82) is 0 Å². The average Bonchev–Trinajstić information content (AvgIpc) is 2.43. The molecule has 1 aromatic rings. The van der Waals surface area contributed by atoms with E-state index in [2.05, 4.69) is 13.8 Å². The van der Waals surface area contributed by atoms with E-state index in [-0.39, 0.29) is 6.04 Å². The van der Waals surface area contributed by atoms with Crippen LogP contribution < -0.4 is 15.2 Å². The Kier molecular flexibility index (Phi) is 7.17. The third-order valence-electron chi connectivity index (χ3n) is 3.58. The molecule has 0 spiro atoms. The van der Waals surface area contributed by atoms with Gasteiger partial charge in [-0.2, -0.15) is 0 Å². The fourth-order valence-corrected chi connectivity index (χ4v) is 2.67. The minimum atomic E-state index is -0.0765. The van der Waals surface area contributed by atoms with Crippen LogP contribution in [0.5, 0.6) is 11.5 Å². The summed E-state index contributed by atoms with van der Waals surface area (Å²) >= 11 is 6.37. The van der Waals surface area contributed by atoms with Crippen LogP contribution >= 0.6 is 11.6 Å². The Labute approximate surface area is 127 Å². The van der Waals surface area contributed by atoms with Gasteiger partial charge in [0.25, 0.3) is 0 Å². The van der Waals surface area contributed by atoms with Crippen LogP contribution in [0.1, 0.15) is 52.1 Å². The van der Waals surface area contributed by atoms with Gasteiger partial charge >= 0.3 is 0 Å². The average molecular weight is 300 g/mol. The molecule has 0 fully saturated rings. The normalized spacial score (nSPS) is 12.6. The summed E-state index contributed by atoms with van der Waals surface area (Å²) in [6, 6.07) is 3.67. The molecule has 3 nitrogen and oxygen atoms in total. The lowest BCUT2D eigenvalue weighted by atomic mass is 9.89. The zero-order chi connectivity index (χ0) is 15.1. The van der Waals surface area contributed by atoms with E-state index in [0.29, 0.717) is 29.9 Å². The van der Waals surface area contributed by atoms with E-state index in [4.69, 9.17) is 26.8 Å². The lowest BCUT2D eigenvalue weighted by Crippen LogP contribution is -2.21. The number of halogens is 1. The summed E-state index contributed by atoms with van der Waals surface area (Å²) in [5.41, 5.74) is 7.31. The quantitative estimate of drug-likeness (QED) is 0.764. The Balaban J connectivity index is 3.16. The van der Waals surface area contributed by atoms with Gasteiger partial charge in [-0.3, -0.25) is 0 Å². The second-order valence-electron chi connectivity index (χ2n) is 4.79. The fourth-order valence-electron chi connectivity index (χ4n) is 2.39. The highest BCUT2D eigenvalue weighted by Gasteiger charge is 2.21. The van der Waals surface area contributed by atoms with Gasteiger partial charge in [0.1, 0.15) is 0 Å². The molecule has 1 unspecified atom stereocenters. The molecule has 0 aliphatic carbocycles. The lowest BCUT2D eigenvalue weighted by molar-refractivity contribution is 0.286. The van der Waals surface area contributed by atoms with Gasteiger partial charge in [0, 0.05) is 17.1 Å². The first-order valence-electron chi connectivity index (χ1n) is 7.43. The van der Waals surface area contributed by atoms with Gasteiger partial charge in [0.2, 0.25) is 0 Å². The van der Waals surface area contributed by atoms with Crippen LogP contribution in [0.4, 0.5) is 0 Å². The SMILES string of the molecule is CCOc1cc(Cl)c(C(N)C(CC)CC)cc1OCC. The molecule has 1 aromatic carbocycles. The number of hydrogen-bond acceptors (Lipinski definition) is 3. The summed E-state index contributed by atoms with van der Waals surface area (Å²) in [6.07, 6.45) is 2.07. The molecule has 0 amide bonds. The van der Waals surface area contributed by atoms with Gasteiger partial charge in [0.15, 0.2) is 11.5 Å². The minimum absolute atomic E-state index is 0.0765. The van der Waals surface area contributed by atoms with Crippen molar-refractivity contribution in [2.75, 3.05) is 13.2 Å². The first kappa shape index (κ1) is 17.1. The van der Waals surface area contributed by atoms with E-state index in [9.17, 15) is 0 Å². The van der Waals surface area contributed by atoms with Gasteiger partial charge in [-0.25, -0.2) is 0 Å². The molecule has 2 N–H and O–H groups in total. The molecule has 4 heteroatoms. The highest BCUT2D eigenvalue weighted by atomic mass is 35.5. The van der Waals surface area contributed by atoms with Crippen LogP contribution in [-0.4, -0.2) is 13.2 Å². The molecule has 0 saturated carbocycles. The molecule has 1 rings (SSSR count). The fraction of sp³-hybridized carbons (Fsp3) is 0.625. The van der Waals surface area contributed by atoms with Gasteiger partial charge in [-0.05, 0) is 31.4 Å². The van der Waals surface area contributed by atoms with E-state index in [1.54, 1.807) is 0 Å². The van der Waals surface area contributed by atoms with Crippen molar-refractivity contribution in [2.45, 2.75) is 46.6 Å².